The van der Waals surface area contributed by atoms with E-state index in [1.807, 2.05) is 24.3 Å². The van der Waals surface area contributed by atoms with Crippen molar-refractivity contribution < 1.29 is 29.0 Å². The summed E-state index contributed by atoms with van der Waals surface area (Å²) in [6, 6.07) is 15.3. The van der Waals surface area contributed by atoms with E-state index in [-0.39, 0.29) is 23.9 Å². The summed E-state index contributed by atoms with van der Waals surface area (Å²) in [5.74, 6) is 1.09. The summed E-state index contributed by atoms with van der Waals surface area (Å²) >= 11 is 0. The number of likely N-dealkylation sites (tertiary alicyclic amines) is 3. The lowest BCUT2D eigenvalue weighted by Gasteiger charge is -2.49. The summed E-state index contributed by atoms with van der Waals surface area (Å²) in [5.41, 5.74) is 4.71. The van der Waals surface area contributed by atoms with Crippen LogP contribution in [0.25, 0.3) is 33.6 Å². The molecule has 0 spiro atoms. The van der Waals surface area contributed by atoms with Crippen molar-refractivity contribution in [3.05, 3.63) is 72.6 Å². The molecule has 51 heavy (non-hydrogen) atoms. The van der Waals surface area contributed by atoms with Gasteiger partial charge in [-0.1, -0.05) is 48.5 Å². The maximum Gasteiger partial charge on any atom is 0.408 e. The molecule has 4 atom stereocenters. The summed E-state index contributed by atoms with van der Waals surface area (Å²) in [7, 11) is 1.27. The number of imidazole rings is 2. The molecular formula is C37H42N8O6. The minimum absolute atomic E-state index is 0.159. The molecule has 14 heteroatoms. The van der Waals surface area contributed by atoms with Crippen LogP contribution in [0.4, 0.5) is 9.59 Å². The first-order chi connectivity index (χ1) is 24.6. The number of alkyl carbamates (subject to hydrolysis) is 1. The van der Waals surface area contributed by atoms with Gasteiger partial charge in [-0.15, -0.1) is 0 Å². The number of benzene rings is 2. The molecule has 0 aliphatic carbocycles. The second-order valence-corrected chi connectivity index (χ2v) is 13.7. The van der Waals surface area contributed by atoms with E-state index in [2.05, 4.69) is 54.3 Å². The van der Waals surface area contributed by atoms with Gasteiger partial charge in [-0.25, -0.2) is 19.6 Å². The number of carbonyl (C=O) groups excluding carboxylic acids is 3. The quantitative estimate of drug-likeness (QED) is 0.191. The average molecular weight is 695 g/mol. The van der Waals surface area contributed by atoms with Crippen molar-refractivity contribution >= 4 is 24.0 Å². The Labute approximate surface area is 295 Å². The van der Waals surface area contributed by atoms with Crippen molar-refractivity contribution in [1.82, 2.24) is 40.0 Å². The summed E-state index contributed by atoms with van der Waals surface area (Å²) in [5, 5.41) is 12.1. The average Bonchev–Trinajstić information content (AvgIpc) is 3.96. The van der Waals surface area contributed by atoms with Crippen LogP contribution < -0.4 is 5.32 Å². The Kier molecular flexibility index (Phi) is 9.00. The third kappa shape index (κ3) is 6.30. The molecule has 4 aromatic rings. The van der Waals surface area contributed by atoms with Gasteiger partial charge in [0.2, 0.25) is 11.8 Å². The fourth-order valence-electron chi connectivity index (χ4n) is 7.54. The highest BCUT2D eigenvalue weighted by molar-refractivity contribution is 5.91. The molecule has 0 bridgehead atoms. The van der Waals surface area contributed by atoms with E-state index in [9.17, 15) is 24.3 Å². The molecule has 2 aromatic heterocycles. The van der Waals surface area contributed by atoms with Gasteiger partial charge in [-0.2, -0.15) is 0 Å². The molecule has 7 rings (SSSR count). The van der Waals surface area contributed by atoms with Gasteiger partial charge in [0, 0.05) is 19.6 Å². The van der Waals surface area contributed by atoms with Gasteiger partial charge in [-0.05, 0) is 68.2 Å². The molecule has 3 fully saturated rings. The maximum atomic E-state index is 13.5. The van der Waals surface area contributed by atoms with E-state index in [4.69, 9.17) is 0 Å². The molecule has 266 valence electrons. The van der Waals surface area contributed by atoms with E-state index >= 15 is 0 Å². The molecule has 4 N–H and O–H groups in total. The number of methoxy groups -OCH3 is 1. The van der Waals surface area contributed by atoms with Crippen LogP contribution in [0.1, 0.15) is 69.7 Å². The predicted octanol–water partition coefficient (Wildman–Crippen LogP) is 5.35. The summed E-state index contributed by atoms with van der Waals surface area (Å²) < 4.78 is 4.64. The lowest BCUT2D eigenvalue weighted by atomic mass is 9.85. The Balaban J connectivity index is 0.998. The first kappa shape index (κ1) is 33.8. The van der Waals surface area contributed by atoms with E-state index < -0.39 is 23.8 Å². The number of aromatic nitrogens is 4. The van der Waals surface area contributed by atoms with Gasteiger partial charge < -0.3 is 34.9 Å². The fraction of sp³-hybridized carbons (Fsp3) is 0.405. The van der Waals surface area contributed by atoms with Gasteiger partial charge in [0.15, 0.2) is 0 Å². The molecule has 0 saturated carbocycles. The highest BCUT2D eigenvalue weighted by Crippen LogP contribution is 2.39. The highest BCUT2D eigenvalue weighted by atomic mass is 16.5. The number of ether oxygens (including phenoxy) is 1. The van der Waals surface area contributed by atoms with Crippen LogP contribution >= 0.6 is 0 Å². The molecule has 5 heterocycles. The highest BCUT2D eigenvalue weighted by Gasteiger charge is 2.53. The van der Waals surface area contributed by atoms with E-state index in [0.717, 1.165) is 59.3 Å². The smallest absolute Gasteiger partial charge is 0.408 e. The van der Waals surface area contributed by atoms with Crippen molar-refractivity contribution in [1.29, 1.82) is 0 Å². The summed E-state index contributed by atoms with van der Waals surface area (Å²) in [4.78, 5) is 70.7. The Morgan fingerprint density at radius 2 is 1.31 bits per heavy atom. The predicted molar refractivity (Wildman–Crippen MR) is 187 cm³/mol. The Bertz CT molecular complexity index is 1940. The molecule has 3 aliphatic rings. The van der Waals surface area contributed by atoms with Crippen LogP contribution in [0.5, 0.6) is 0 Å². The Morgan fingerprint density at radius 1 is 0.824 bits per heavy atom. The standard InChI is InChI=1S/C37H42N8O6/c1-22(40-35(48)51-3)33(46)43-17-4-6-29(43)31-38-20-27(41-31)25-12-8-23(9-13-25)24-10-14-26(15-11-24)28-21-39-32(42-28)30-7-5-18-44(30)34(47)37(2)16-19-45(37)36(49)50/h8-15,20-22,29-30H,4-7,16-19H2,1-3H3,(H,38,41)(H,39,42)(H,40,48)(H,49,50)/t22-,29-,30-,37-/m0/s1. The molecule has 0 radical (unpaired) electrons. The van der Waals surface area contributed by atoms with Crippen molar-refractivity contribution in [3.8, 4) is 33.6 Å². The molecule has 14 nitrogen and oxygen atoms in total. The monoisotopic (exact) mass is 694 g/mol. The topological polar surface area (TPSA) is 177 Å². The number of carboxylic acid groups (broad SMARTS) is 1. The Hall–Kier alpha value is -5.66. The molecular weight excluding hydrogens is 652 g/mol. The van der Waals surface area contributed by atoms with Gasteiger partial charge in [0.05, 0.1) is 43.0 Å². The lowest BCUT2D eigenvalue weighted by molar-refractivity contribution is -0.150. The lowest BCUT2D eigenvalue weighted by Crippen LogP contribution is -2.67. The third-order valence-corrected chi connectivity index (χ3v) is 10.6. The minimum Gasteiger partial charge on any atom is -0.465 e. The number of carbonyl (C=O) groups is 4. The van der Waals surface area contributed by atoms with Gasteiger partial charge in [-0.3, -0.25) is 14.5 Å². The van der Waals surface area contributed by atoms with Crippen molar-refractivity contribution in [2.75, 3.05) is 26.7 Å². The fourth-order valence-corrected chi connectivity index (χ4v) is 7.54. The number of nitrogens with one attached hydrogen (secondary N) is 3. The minimum atomic E-state index is -1.06. The zero-order valence-corrected chi connectivity index (χ0v) is 28.9. The summed E-state index contributed by atoms with van der Waals surface area (Å²) in [6.45, 7) is 4.90. The SMILES string of the molecule is COC(=O)N[C@@H](C)C(=O)N1CCC[C@H]1c1ncc(-c2ccc(-c3ccc(-c4cnc([C@@H]5CCCN5C(=O)[C@]5(C)CCN5C(=O)O)[nH]4)cc3)cc2)[nH]1. The van der Waals surface area contributed by atoms with Crippen LogP contribution in [0, 0.1) is 0 Å². The molecule has 2 aromatic carbocycles. The Morgan fingerprint density at radius 3 is 1.78 bits per heavy atom. The number of H-pyrrole nitrogens is 2. The number of amides is 4. The first-order valence-electron chi connectivity index (χ1n) is 17.3. The second-order valence-electron chi connectivity index (χ2n) is 13.7. The van der Waals surface area contributed by atoms with Crippen LogP contribution in [-0.4, -0.2) is 102 Å². The number of hydrogen-bond donors (Lipinski definition) is 4. The molecule has 3 aliphatic heterocycles. The van der Waals surface area contributed by atoms with Crippen LogP contribution in [0.3, 0.4) is 0 Å². The van der Waals surface area contributed by atoms with Crippen LogP contribution in [0.15, 0.2) is 60.9 Å². The zero-order valence-electron chi connectivity index (χ0n) is 28.9. The largest absolute Gasteiger partial charge is 0.465 e. The van der Waals surface area contributed by atoms with Crippen molar-refractivity contribution in [3.63, 3.8) is 0 Å². The number of nitrogens with zero attached hydrogens (tertiary/aromatic N) is 5. The number of hydrogen-bond acceptors (Lipinski definition) is 7. The van der Waals surface area contributed by atoms with Crippen LogP contribution in [-0.2, 0) is 14.3 Å². The molecule has 0 unspecified atom stereocenters. The van der Waals surface area contributed by atoms with E-state index in [1.54, 1.807) is 36.0 Å². The van der Waals surface area contributed by atoms with Crippen LogP contribution in [0.2, 0.25) is 0 Å². The maximum absolute atomic E-state index is 13.5. The normalized spacial score (nSPS) is 22.1. The van der Waals surface area contributed by atoms with E-state index in [1.165, 1.54) is 12.0 Å². The van der Waals surface area contributed by atoms with Crippen molar-refractivity contribution in [2.24, 2.45) is 0 Å². The number of aromatic amines is 2. The van der Waals surface area contributed by atoms with Gasteiger partial charge in [0.25, 0.3) is 0 Å². The van der Waals surface area contributed by atoms with E-state index in [0.29, 0.717) is 37.7 Å². The summed E-state index contributed by atoms with van der Waals surface area (Å²) in [6.07, 6.45) is 5.62. The second kappa shape index (κ2) is 13.6. The molecule has 4 amide bonds. The first-order valence-corrected chi connectivity index (χ1v) is 17.3. The van der Waals surface area contributed by atoms with Gasteiger partial charge >= 0.3 is 12.2 Å². The molecule has 3 saturated heterocycles. The van der Waals surface area contributed by atoms with Gasteiger partial charge in [0.1, 0.15) is 23.2 Å². The van der Waals surface area contributed by atoms with Crippen molar-refractivity contribution in [2.45, 2.75) is 69.6 Å². The zero-order chi connectivity index (χ0) is 35.9. The number of rotatable bonds is 8. The third-order valence-electron chi connectivity index (χ3n) is 10.6.